The maximum atomic E-state index is 11.4. The summed E-state index contributed by atoms with van der Waals surface area (Å²) in [6.45, 7) is 2.65. The SMILES string of the molecule is CCCC/C(Br)=C1\C(=O)OCC1CBr. The Kier molecular flexibility index (Phi) is 5.17. The first-order valence-electron chi connectivity index (χ1n) is 4.82. The quantitative estimate of drug-likeness (QED) is 0.450. The van der Waals surface area contributed by atoms with Gasteiger partial charge in [0, 0.05) is 15.7 Å². The first-order valence-corrected chi connectivity index (χ1v) is 6.73. The molecular weight excluding hydrogens is 312 g/mol. The number of allylic oxidation sites excluding steroid dienone is 1. The molecule has 0 aromatic heterocycles. The molecule has 1 aliphatic heterocycles. The molecule has 0 spiro atoms. The molecule has 0 amide bonds. The third-order valence-electron chi connectivity index (χ3n) is 2.27. The number of hydrogen-bond acceptors (Lipinski definition) is 2. The van der Waals surface area contributed by atoms with Gasteiger partial charge < -0.3 is 4.74 Å². The van der Waals surface area contributed by atoms with Crippen molar-refractivity contribution in [1.29, 1.82) is 0 Å². The minimum Gasteiger partial charge on any atom is -0.462 e. The number of unbranched alkanes of at least 4 members (excludes halogenated alkanes) is 1. The number of carbonyl (C=O) groups is 1. The largest absolute Gasteiger partial charge is 0.462 e. The number of rotatable bonds is 4. The Morgan fingerprint density at radius 3 is 2.93 bits per heavy atom. The van der Waals surface area contributed by atoms with Crippen LogP contribution < -0.4 is 0 Å². The lowest BCUT2D eigenvalue weighted by Crippen LogP contribution is -2.06. The van der Waals surface area contributed by atoms with E-state index in [2.05, 4.69) is 38.8 Å². The number of carbonyl (C=O) groups excluding carboxylic acids is 1. The van der Waals surface area contributed by atoms with Gasteiger partial charge in [0.25, 0.3) is 0 Å². The first-order chi connectivity index (χ1) is 6.70. The van der Waals surface area contributed by atoms with Crippen LogP contribution in [-0.2, 0) is 9.53 Å². The summed E-state index contributed by atoms with van der Waals surface area (Å²) in [5.74, 6) is 0.0613. The van der Waals surface area contributed by atoms with E-state index < -0.39 is 0 Å². The summed E-state index contributed by atoms with van der Waals surface area (Å²) in [6.07, 6.45) is 3.17. The molecule has 0 radical (unpaired) electrons. The van der Waals surface area contributed by atoms with E-state index in [0.717, 1.165) is 34.6 Å². The third kappa shape index (κ3) is 2.83. The van der Waals surface area contributed by atoms with Crippen LogP contribution in [0.2, 0.25) is 0 Å². The molecule has 1 rings (SSSR count). The molecule has 0 N–H and O–H groups in total. The van der Waals surface area contributed by atoms with E-state index in [1.165, 1.54) is 0 Å². The zero-order valence-corrected chi connectivity index (χ0v) is 11.4. The van der Waals surface area contributed by atoms with Crippen LogP contribution in [0.1, 0.15) is 26.2 Å². The molecule has 1 atom stereocenters. The van der Waals surface area contributed by atoms with Gasteiger partial charge >= 0.3 is 5.97 Å². The van der Waals surface area contributed by atoms with Crippen molar-refractivity contribution in [3.8, 4) is 0 Å². The Morgan fingerprint density at radius 2 is 2.36 bits per heavy atom. The van der Waals surface area contributed by atoms with Gasteiger partial charge in [-0.1, -0.05) is 45.2 Å². The van der Waals surface area contributed by atoms with Gasteiger partial charge in [-0.25, -0.2) is 4.79 Å². The molecule has 0 saturated carbocycles. The van der Waals surface area contributed by atoms with Crippen molar-refractivity contribution >= 4 is 37.8 Å². The normalized spacial score (nSPS) is 25.1. The second-order valence-electron chi connectivity index (χ2n) is 3.37. The predicted octanol–water partition coefficient (Wildman–Crippen LogP) is 3.39. The van der Waals surface area contributed by atoms with E-state index >= 15 is 0 Å². The lowest BCUT2D eigenvalue weighted by Gasteiger charge is -2.06. The molecule has 1 heterocycles. The molecule has 1 saturated heterocycles. The van der Waals surface area contributed by atoms with Crippen LogP contribution in [0.25, 0.3) is 0 Å². The Hall–Kier alpha value is 0.170. The van der Waals surface area contributed by atoms with Crippen LogP contribution in [0.3, 0.4) is 0 Å². The van der Waals surface area contributed by atoms with Crippen LogP contribution in [0, 0.1) is 5.92 Å². The average Bonchev–Trinajstić information content (AvgIpc) is 2.56. The summed E-state index contributed by atoms with van der Waals surface area (Å²) in [7, 11) is 0. The number of alkyl halides is 1. The molecule has 0 aliphatic carbocycles. The van der Waals surface area contributed by atoms with Gasteiger partial charge in [-0.15, -0.1) is 0 Å². The average molecular weight is 326 g/mol. The van der Waals surface area contributed by atoms with E-state index in [4.69, 9.17) is 4.74 Å². The molecule has 0 aromatic rings. The third-order valence-corrected chi connectivity index (χ3v) is 3.88. The molecule has 1 aliphatic rings. The molecule has 0 bridgehead atoms. The molecule has 0 aromatic carbocycles. The Balaban J connectivity index is 2.74. The maximum absolute atomic E-state index is 11.4. The highest BCUT2D eigenvalue weighted by molar-refractivity contribution is 9.11. The molecule has 14 heavy (non-hydrogen) atoms. The topological polar surface area (TPSA) is 26.3 Å². The van der Waals surface area contributed by atoms with E-state index in [0.29, 0.717) is 6.61 Å². The minimum atomic E-state index is -0.155. The maximum Gasteiger partial charge on any atom is 0.335 e. The smallest absolute Gasteiger partial charge is 0.335 e. The molecule has 1 unspecified atom stereocenters. The monoisotopic (exact) mass is 324 g/mol. The molecule has 80 valence electrons. The van der Waals surface area contributed by atoms with E-state index in [-0.39, 0.29) is 11.9 Å². The van der Waals surface area contributed by atoms with Gasteiger partial charge in [0.1, 0.15) is 0 Å². The first kappa shape index (κ1) is 12.2. The van der Waals surface area contributed by atoms with E-state index in [1.54, 1.807) is 0 Å². The Morgan fingerprint density at radius 1 is 1.64 bits per heavy atom. The number of ether oxygens (including phenoxy) is 1. The summed E-state index contributed by atoms with van der Waals surface area (Å²) in [6, 6.07) is 0. The van der Waals surface area contributed by atoms with Crippen molar-refractivity contribution in [3.05, 3.63) is 10.1 Å². The van der Waals surface area contributed by atoms with Crippen LogP contribution in [0.4, 0.5) is 0 Å². The van der Waals surface area contributed by atoms with Crippen LogP contribution >= 0.6 is 31.9 Å². The van der Waals surface area contributed by atoms with E-state index in [1.807, 2.05) is 0 Å². The number of cyclic esters (lactones) is 1. The van der Waals surface area contributed by atoms with Crippen molar-refractivity contribution < 1.29 is 9.53 Å². The highest BCUT2D eigenvalue weighted by atomic mass is 79.9. The second kappa shape index (κ2) is 5.91. The number of halogens is 2. The van der Waals surface area contributed by atoms with Crippen LogP contribution in [0.15, 0.2) is 10.1 Å². The lowest BCUT2D eigenvalue weighted by atomic mass is 10.0. The fourth-order valence-corrected chi connectivity index (χ4v) is 2.70. The summed E-state index contributed by atoms with van der Waals surface area (Å²) < 4.78 is 6.03. The van der Waals surface area contributed by atoms with Crippen molar-refractivity contribution in [2.75, 3.05) is 11.9 Å². The standard InChI is InChI=1S/C10H14Br2O2/c1-2-3-4-8(12)9-7(5-11)6-14-10(9)13/h7H,2-6H2,1H3/b9-8+. The summed E-state index contributed by atoms with van der Waals surface area (Å²) in [4.78, 5) is 11.4. The zero-order valence-electron chi connectivity index (χ0n) is 8.19. The second-order valence-corrected chi connectivity index (χ2v) is 4.98. The van der Waals surface area contributed by atoms with Crippen molar-refractivity contribution in [1.82, 2.24) is 0 Å². The van der Waals surface area contributed by atoms with E-state index in [9.17, 15) is 4.79 Å². The van der Waals surface area contributed by atoms with Gasteiger partial charge in [-0.2, -0.15) is 0 Å². The molecule has 2 nitrogen and oxygen atoms in total. The summed E-state index contributed by atoms with van der Waals surface area (Å²) in [5, 5.41) is 0.787. The van der Waals surface area contributed by atoms with Gasteiger partial charge in [-0.05, 0) is 12.8 Å². The number of hydrogen-bond donors (Lipinski definition) is 0. The lowest BCUT2D eigenvalue weighted by molar-refractivity contribution is -0.135. The van der Waals surface area contributed by atoms with Gasteiger partial charge in [0.05, 0.1) is 12.2 Å². The minimum absolute atomic E-state index is 0.155. The van der Waals surface area contributed by atoms with Crippen molar-refractivity contribution in [2.45, 2.75) is 26.2 Å². The summed E-state index contributed by atoms with van der Waals surface area (Å²) >= 11 is 6.88. The highest BCUT2D eigenvalue weighted by Gasteiger charge is 2.31. The van der Waals surface area contributed by atoms with Crippen LogP contribution in [0.5, 0.6) is 0 Å². The molecular formula is C10H14Br2O2. The Bertz CT molecular complexity index is 249. The van der Waals surface area contributed by atoms with Crippen molar-refractivity contribution in [3.63, 3.8) is 0 Å². The van der Waals surface area contributed by atoms with Gasteiger partial charge in [0.15, 0.2) is 0 Å². The predicted molar refractivity (Wildman–Crippen MR) is 63.7 cm³/mol. The zero-order chi connectivity index (χ0) is 10.6. The fraction of sp³-hybridized carbons (Fsp3) is 0.700. The highest BCUT2D eigenvalue weighted by Crippen LogP contribution is 2.31. The van der Waals surface area contributed by atoms with Crippen molar-refractivity contribution in [2.24, 2.45) is 5.92 Å². The number of esters is 1. The van der Waals surface area contributed by atoms with Gasteiger partial charge in [0.2, 0.25) is 0 Å². The Labute approximate surface area is 101 Å². The molecule has 4 heteroatoms. The fourth-order valence-electron chi connectivity index (χ4n) is 1.42. The van der Waals surface area contributed by atoms with Gasteiger partial charge in [-0.3, -0.25) is 0 Å². The van der Waals surface area contributed by atoms with Crippen LogP contribution in [-0.4, -0.2) is 17.9 Å². The molecule has 1 fully saturated rings. The summed E-state index contributed by atoms with van der Waals surface area (Å²) in [5.41, 5.74) is 0.829.